The zero-order valence-corrected chi connectivity index (χ0v) is 17.8. The third-order valence-electron chi connectivity index (χ3n) is 5.20. The Kier molecular flexibility index (Phi) is 8.46. The van der Waals surface area contributed by atoms with Crippen LogP contribution in [0.3, 0.4) is 0 Å². The van der Waals surface area contributed by atoms with Crippen molar-refractivity contribution in [3.63, 3.8) is 0 Å². The maximum Gasteiger partial charge on any atom is 0.225 e. The molecule has 7 heteroatoms. The Morgan fingerprint density at radius 1 is 1.12 bits per heavy atom. The third kappa shape index (κ3) is 5.97. The van der Waals surface area contributed by atoms with Crippen LogP contribution in [0.25, 0.3) is 0 Å². The number of guanidine groups is 1. The topological polar surface area (TPSA) is 56.7 Å². The van der Waals surface area contributed by atoms with Gasteiger partial charge in [-0.1, -0.05) is 0 Å². The Labute approximate surface area is 167 Å². The Bertz CT molecular complexity index is 430. The van der Waals surface area contributed by atoms with Gasteiger partial charge in [0.1, 0.15) is 0 Å². The van der Waals surface area contributed by atoms with Gasteiger partial charge in [-0.25, -0.2) is 0 Å². The molecular weight excluding hydrogens is 435 g/mol. The van der Waals surface area contributed by atoms with Crippen molar-refractivity contribution in [2.24, 2.45) is 16.8 Å². The van der Waals surface area contributed by atoms with Gasteiger partial charge in [0.05, 0.1) is 0 Å². The minimum atomic E-state index is 0. The van der Waals surface area contributed by atoms with Gasteiger partial charge in [0.25, 0.3) is 0 Å². The number of nitrogens with zero attached hydrogens (tertiary/aromatic N) is 2. The molecule has 0 aromatic heterocycles. The summed E-state index contributed by atoms with van der Waals surface area (Å²) in [6.45, 7) is 2.81. The van der Waals surface area contributed by atoms with Crippen LogP contribution in [0, 0.1) is 11.8 Å². The lowest BCUT2D eigenvalue weighted by Gasteiger charge is -2.33. The van der Waals surface area contributed by atoms with E-state index in [0.29, 0.717) is 17.9 Å². The van der Waals surface area contributed by atoms with Crippen LogP contribution in [0.15, 0.2) is 4.99 Å². The summed E-state index contributed by atoms with van der Waals surface area (Å²) < 4.78 is 0. The second-order valence-corrected chi connectivity index (χ2v) is 8.25. The fourth-order valence-electron chi connectivity index (χ4n) is 3.41. The number of thioether (sulfide) groups is 1. The van der Waals surface area contributed by atoms with E-state index in [-0.39, 0.29) is 24.0 Å². The zero-order valence-electron chi connectivity index (χ0n) is 14.6. The minimum Gasteiger partial charge on any atom is -0.356 e. The summed E-state index contributed by atoms with van der Waals surface area (Å²) in [6, 6.07) is 0.436. The molecule has 0 unspecified atom stereocenters. The molecule has 0 spiro atoms. The van der Waals surface area contributed by atoms with E-state index >= 15 is 0 Å². The summed E-state index contributed by atoms with van der Waals surface area (Å²) in [5.74, 6) is 5.05. The molecule has 2 saturated heterocycles. The molecule has 0 aromatic rings. The standard InChI is InChI=1S/C17H30N4OS.HI/c1-18-17(19-12-13-6-10-23-11-7-13)20-15-4-8-21(9-5-15)16(22)14-2-3-14;/h13-15H,2-12H2,1H3,(H2,18,19,20);1H. The number of carbonyl (C=O) groups is 1. The van der Waals surface area contributed by atoms with Crippen molar-refractivity contribution in [2.75, 3.05) is 38.2 Å². The van der Waals surface area contributed by atoms with Crippen LogP contribution in [-0.4, -0.2) is 61.0 Å². The van der Waals surface area contributed by atoms with E-state index in [0.717, 1.165) is 57.2 Å². The number of aliphatic imine (C=N–C) groups is 1. The van der Waals surface area contributed by atoms with Crippen LogP contribution in [0.2, 0.25) is 0 Å². The Morgan fingerprint density at radius 2 is 1.79 bits per heavy atom. The molecular formula is C17H31IN4OS. The molecule has 0 bridgehead atoms. The molecule has 1 aliphatic carbocycles. The number of halogens is 1. The van der Waals surface area contributed by atoms with Gasteiger partial charge in [0, 0.05) is 38.6 Å². The summed E-state index contributed by atoms with van der Waals surface area (Å²) in [5, 5.41) is 7.04. The van der Waals surface area contributed by atoms with E-state index in [2.05, 4.69) is 32.3 Å². The molecule has 3 fully saturated rings. The number of hydrogen-bond acceptors (Lipinski definition) is 3. The first kappa shape index (κ1) is 20.1. The van der Waals surface area contributed by atoms with Crippen LogP contribution in [-0.2, 0) is 4.79 Å². The zero-order chi connectivity index (χ0) is 16.1. The molecule has 1 saturated carbocycles. The molecule has 2 heterocycles. The lowest BCUT2D eigenvalue weighted by Crippen LogP contribution is -2.50. The Hall–Kier alpha value is -0.180. The smallest absolute Gasteiger partial charge is 0.225 e. The highest BCUT2D eigenvalue weighted by molar-refractivity contribution is 14.0. The number of nitrogens with one attached hydrogen (secondary N) is 2. The molecule has 2 aliphatic heterocycles. The van der Waals surface area contributed by atoms with E-state index in [1.807, 2.05) is 7.05 Å². The van der Waals surface area contributed by atoms with E-state index in [9.17, 15) is 4.79 Å². The average molecular weight is 466 g/mol. The van der Waals surface area contributed by atoms with E-state index < -0.39 is 0 Å². The molecule has 1 amide bonds. The number of rotatable bonds is 4. The Balaban J connectivity index is 0.00000208. The summed E-state index contributed by atoms with van der Waals surface area (Å²) in [7, 11) is 1.85. The largest absolute Gasteiger partial charge is 0.356 e. The molecule has 2 N–H and O–H groups in total. The number of likely N-dealkylation sites (tertiary alicyclic amines) is 1. The van der Waals surface area contributed by atoms with Gasteiger partial charge >= 0.3 is 0 Å². The van der Waals surface area contributed by atoms with Gasteiger partial charge < -0.3 is 15.5 Å². The summed E-state index contributed by atoms with van der Waals surface area (Å²) in [5.41, 5.74) is 0. The lowest BCUT2D eigenvalue weighted by atomic mass is 10.0. The number of carbonyl (C=O) groups excluding carboxylic acids is 1. The van der Waals surface area contributed by atoms with Crippen LogP contribution >= 0.6 is 35.7 Å². The third-order valence-corrected chi connectivity index (χ3v) is 6.25. The first-order valence-electron chi connectivity index (χ1n) is 9.10. The molecule has 0 radical (unpaired) electrons. The lowest BCUT2D eigenvalue weighted by molar-refractivity contribution is -0.133. The number of hydrogen-bond donors (Lipinski definition) is 2. The summed E-state index contributed by atoms with van der Waals surface area (Å²) >= 11 is 2.07. The Morgan fingerprint density at radius 3 is 2.38 bits per heavy atom. The fraction of sp³-hybridized carbons (Fsp3) is 0.882. The monoisotopic (exact) mass is 466 g/mol. The average Bonchev–Trinajstić information content (AvgIpc) is 3.44. The van der Waals surface area contributed by atoms with Crippen molar-refractivity contribution in [1.82, 2.24) is 15.5 Å². The normalized spacial score (nSPS) is 23.5. The molecule has 0 aromatic carbocycles. The maximum atomic E-state index is 12.1. The molecule has 24 heavy (non-hydrogen) atoms. The predicted octanol–water partition coefficient (Wildman–Crippen LogP) is 2.31. The molecule has 3 rings (SSSR count). The van der Waals surface area contributed by atoms with Crippen LogP contribution in [0.4, 0.5) is 0 Å². The molecule has 0 atom stereocenters. The molecule has 3 aliphatic rings. The van der Waals surface area contributed by atoms with Crippen molar-refractivity contribution in [1.29, 1.82) is 0 Å². The van der Waals surface area contributed by atoms with Crippen LogP contribution < -0.4 is 10.6 Å². The van der Waals surface area contributed by atoms with Crippen molar-refractivity contribution >= 4 is 47.6 Å². The predicted molar refractivity (Wildman–Crippen MR) is 112 cm³/mol. The van der Waals surface area contributed by atoms with Crippen molar-refractivity contribution in [3.8, 4) is 0 Å². The highest BCUT2D eigenvalue weighted by Crippen LogP contribution is 2.31. The summed E-state index contributed by atoms with van der Waals surface area (Å²) in [6.07, 6.45) is 6.89. The second kappa shape index (κ2) is 10.1. The van der Waals surface area contributed by atoms with Crippen LogP contribution in [0.1, 0.15) is 38.5 Å². The van der Waals surface area contributed by atoms with E-state index in [1.165, 1.54) is 24.3 Å². The van der Waals surface area contributed by atoms with Crippen LogP contribution in [0.5, 0.6) is 0 Å². The SMILES string of the molecule is CN=C(NCC1CCSCC1)NC1CCN(C(=O)C2CC2)CC1.I. The van der Waals surface area contributed by atoms with Crippen molar-refractivity contribution in [2.45, 2.75) is 44.6 Å². The summed E-state index contributed by atoms with van der Waals surface area (Å²) in [4.78, 5) is 18.5. The van der Waals surface area contributed by atoms with Crippen molar-refractivity contribution in [3.05, 3.63) is 0 Å². The van der Waals surface area contributed by atoms with Crippen molar-refractivity contribution < 1.29 is 4.79 Å². The van der Waals surface area contributed by atoms with Gasteiger partial charge in [0.15, 0.2) is 5.96 Å². The molecule has 5 nitrogen and oxygen atoms in total. The van der Waals surface area contributed by atoms with Gasteiger partial charge in [-0.15, -0.1) is 24.0 Å². The highest BCUT2D eigenvalue weighted by atomic mass is 127. The van der Waals surface area contributed by atoms with Gasteiger partial charge in [-0.2, -0.15) is 11.8 Å². The number of amides is 1. The first-order valence-corrected chi connectivity index (χ1v) is 10.3. The van der Waals surface area contributed by atoms with Gasteiger partial charge in [-0.3, -0.25) is 9.79 Å². The van der Waals surface area contributed by atoms with Gasteiger partial charge in [-0.05, 0) is 55.9 Å². The van der Waals surface area contributed by atoms with E-state index in [1.54, 1.807) is 0 Å². The highest BCUT2D eigenvalue weighted by Gasteiger charge is 2.34. The number of piperidine rings is 1. The fourth-order valence-corrected chi connectivity index (χ4v) is 4.62. The molecule has 138 valence electrons. The maximum absolute atomic E-state index is 12.1. The second-order valence-electron chi connectivity index (χ2n) is 7.03. The minimum absolute atomic E-state index is 0. The first-order chi connectivity index (χ1) is 11.3. The quantitative estimate of drug-likeness (QED) is 0.380. The van der Waals surface area contributed by atoms with E-state index in [4.69, 9.17) is 0 Å². The van der Waals surface area contributed by atoms with Gasteiger partial charge in [0.2, 0.25) is 5.91 Å².